The van der Waals surface area contributed by atoms with E-state index in [4.69, 9.17) is 0 Å². The Hall–Kier alpha value is -2.43. The van der Waals surface area contributed by atoms with Gasteiger partial charge in [0.2, 0.25) is 5.95 Å². The number of hydrogen-bond acceptors (Lipinski definition) is 4. The maximum atomic E-state index is 4.50. The van der Waals surface area contributed by atoms with Gasteiger partial charge in [0.05, 0.1) is 11.8 Å². The lowest BCUT2D eigenvalue weighted by Gasteiger charge is -2.14. The fourth-order valence-corrected chi connectivity index (χ4v) is 2.02. The lowest BCUT2D eigenvalue weighted by Crippen LogP contribution is -2.22. The molecule has 5 nitrogen and oxygen atoms in total. The number of imidazole rings is 1. The van der Waals surface area contributed by atoms with E-state index in [0.717, 1.165) is 17.4 Å². The average Bonchev–Trinajstić information content (AvgIpc) is 2.91. The molecule has 0 aliphatic heterocycles. The molecule has 0 saturated heterocycles. The zero-order chi connectivity index (χ0) is 13.1. The minimum atomic E-state index is 0.232. The Kier molecular flexibility index (Phi) is 3.10. The number of para-hydroxylation sites is 1. The van der Waals surface area contributed by atoms with E-state index in [-0.39, 0.29) is 6.04 Å². The number of nitrogens with zero attached hydrogens (tertiary/aromatic N) is 4. The van der Waals surface area contributed by atoms with Crippen LogP contribution in [0.1, 0.15) is 6.92 Å². The minimum Gasteiger partial charge on any atom is -0.350 e. The Morgan fingerprint density at radius 3 is 3.05 bits per heavy atom. The van der Waals surface area contributed by atoms with Crippen LogP contribution in [0.4, 0.5) is 5.95 Å². The maximum absolute atomic E-state index is 4.50. The fourth-order valence-electron chi connectivity index (χ4n) is 2.02. The largest absolute Gasteiger partial charge is 0.350 e. The van der Waals surface area contributed by atoms with E-state index in [2.05, 4.69) is 27.2 Å². The fraction of sp³-hybridized carbons (Fsp3) is 0.214. The molecule has 1 atom stereocenters. The van der Waals surface area contributed by atoms with Crippen LogP contribution < -0.4 is 5.32 Å². The Morgan fingerprint density at radius 2 is 2.21 bits per heavy atom. The summed E-state index contributed by atoms with van der Waals surface area (Å²) in [5.41, 5.74) is 0.954. The molecule has 0 aliphatic carbocycles. The molecule has 0 amide bonds. The first kappa shape index (κ1) is 11.6. The molecular formula is C14H15N5. The molecule has 0 bridgehead atoms. The third-order valence-corrected chi connectivity index (χ3v) is 2.91. The van der Waals surface area contributed by atoms with E-state index in [0.29, 0.717) is 5.95 Å². The van der Waals surface area contributed by atoms with E-state index in [1.165, 1.54) is 0 Å². The van der Waals surface area contributed by atoms with Gasteiger partial charge in [0.25, 0.3) is 0 Å². The molecule has 2 aromatic heterocycles. The van der Waals surface area contributed by atoms with Crippen LogP contribution in [0.15, 0.2) is 49.2 Å². The monoisotopic (exact) mass is 253 g/mol. The highest BCUT2D eigenvalue weighted by molar-refractivity contribution is 5.78. The summed E-state index contributed by atoms with van der Waals surface area (Å²) in [4.78, 5) is 12.9. The van der Waals surface area contributed by atoms with Crippen LogP contribution in [0.3, 0.4) is 0 Å². The van der Waals surface area contributed by atoms with Crippen molar-refractivity contribution in [1.82, 2.24) is 19.5 Å². The van der Waals surface area contributed by atoms with E-state index in [1.54, 1.807) is 12.5 Å². The Labute approximate surface area is 111 Å². The summed E-state index contributed by atoms with van der Waals surface area (Å²) in [6.07, 6.45) is 7.37. The molecule has 1 unspecified atom stereocenters. The number of nitrogens with one attached hydrogen (secondary N) is 1. The molecule has 1 N–H and O–H groups in total. The van der Waals surface area contributed by atoms with Crippen LogP contribution in [-0.2, 0) is 6.54 Å². The van der Waals surface area contributed by atoms with Gasteiger partial charge in [-0.2, -0.15) is 0 Å². The number of aromatic nitrogens is 4. The van der Waals surface area contributed by atoms with Crippen LogP contribution in [0.25, 0.3) is 10.9 Å². The van der Waals surface area contributed by atoms with Gasteiger partial charge in [-0.15, -0.1) is 0 Å². The Bertz CT molecular complexity index is 662. The van der Waals surface area contributed by atoms with Gasteiger partial charge in [-0.05, 0) is 13.0 Å². The first-order chi connectivity index (χ1) is 9.31. The van der Waals surface area contributed by atoms with Crippen molar-refractivity contribution in [2.45, 2.75) is 19.5 Å². The normalized spacial score (nSPS) is 12.5. The van der Waals surface area contributed by atoms with Gasteiger partial charge in [-0.1, -0.05) is 18.2 Å². The highest BCUT2D eigenvalue weighted by Gasteiger charge is 2.05. The average molecular weight is 253 g/mol. The Morgan fingerprint density at radius 1 is 1.32 bits per heavy atom. The van der Waals surface area contributed by atoms with Crippen molar-refractivity contribution in [2.24, 2.45) is 0 Å². The van der Waals surface area contributed by atoms with Crippen molar-refractivity contribution < 1.29 is 0 Å². The highest BCUT2D eigenvalue weighted by Crippen LogP contribution is 2.12. The van der Waals surface area contributed by atoms with Crippen LogP contribution in [0.2, 0.25) is 0 Å². The smallest absolute Gasteiger partial charge is 0.223 e. The summed E-state index contributed by atoms with van der Waals surface area (Å²) >= 11 is 0. The lowest BCUT2D eigenvalue weighted by atomic mass is 10.2. The lowest BCUT2D eigenvalue weighted by molar-refractivity contribution is 0.615. The first-order valence-corrected chi connectivity index (χ1v) is 6.25. The van der Waals surface area contributed by atoms with Gasteiger partial charge in [0, 0.05) is 36.6 Å². The van der Waals surface area contributed by atoms with Gasteiger partial charge in [0.1, 0.15) is 0 Å². The summed E-state index contributed by atoms with van der Waals surface area (Å²) < 4.78 is 2.03. The molecule has 1 aromatic carbocycles. The third kappa shape index (κ3) is 2.70. The standard InChI is InChI=1S/C14H15N5/c1-11(9-19-7-6-15-10-19)17-14-16-8-12-4-2-3-5-13(12)18-14/h2-8,10-11H,9H2,1H3,(H,16,17,18). The van der Waals surface area contributed by atoms with Crippen molar-refractivity contribution in [3.63, 3.8) is 0 Å². The molecule has 3 aromatic rings. The maximum Gasteiger partial charge on any atom is 0.223 e. The summed E-state index contributed by atoms with van der Waals surface area (Å²) in [6.45, 7) is 2.93. The molecule has 3 rings (SSSR count). The molecule has 0 spiro atoms. The quantitative estimate of drug-likeness (QED) is 0.775. The number of benzene rings is 1. The van der Waals surface area contributed by atoms with E-state index < -0.39 is 0 Å². The van der Waals surface area contributed by atoms with Crippen molar-refractivity contribution in [2.75, 3.05) is 5.32 Å². The topological polar surface area (TPSA) is 55.6 Å². The van der Waals surface area contributed by atoms with E-state index in [9.17, 15) is 0 Å². The second kappa shape index (κ2) is 5.06. The molecule has 2 heterocycles. The SMILES string of the molecule is CC(Cn1ccnc1)Nc1ncc2ccccc2n1. The molecule has 0 fully saturated rings. The van der Waals surface area contributed by atoms with Gasteiger partial charge in [-0.3, -0.25) is 0 Å². The van der Waals surface area contributed by atoms with Crippen LogP contribution in [-0.4, -0.2) is 25.6 Å². The summed E-state index contributed by atoms with van der Waals surface area (Å²) in [5.74, 6) is 0.659. The summed E-state index contributed by atoms with van der Waals surface area (Å²) in [7, 11) is 0. The van der Waals surface area contributed by atoms with E-state index in [1.807, 2.05) is 41.2 Å². The van der Waals surface area contributed by atoms with Crippen molar-refractivity contribution in [1.29, 1.82) is 0 Å². The molecule has 0 aliphatic rings. The van der Waals surface area contributed by atoms with Gasteiger partial charge < -0.3 is 9.88 Å². The summed E-state index contributed by atoms with van der Waals surface area (Å²) in [6, 6.07) is 8.20. The van der Waals surface area contributed by atoms with Gasteiger partial charge >= 0.3 is 0 Å². The van der Waals surface area contributed by atoms with Crippen molar-refractivity contribution >= 4 is 16.9 Å². The zero-order valence-electron chi connectivity index (χ0n) is 10.7. The minimum absolute atomic E-state index is 0.232. The van der Waals surface area contributed by atoms with Crippen LogP contribution in [0, 0.1) is 0 Å². The van der Waals surface area contributed by atoms with Crippen molar-refractivity contribution in [3.8, 4) is 0 Å². The number of anilines is 1. The van der Waals surface area contributed by atoms with Gasteiger partial charge in [-0.25, -0.2) is 15.0 Å². The van der Waals surface area contributed by atoms with Crippen LogP contribution in [0.5, 0.6) is 0 Å². The first-order valence-electron chi connectivity index (χ1n) is 6.25. The van der Waals surface area contributed by atoms with E-state index >= 15 is 0 Å². The molecule has 96 valence electrons. The zero-order valence-corrected chi connectivity index (χ0v) is 10.7. The molecule has 0 saturated carbocycles. The van der Waals surface area contributed by atoms with Gasteiger partial charge in [0.15, 0.2) is 0 Å². The molecule has 5 heteroatoms. The van der Waals surface area contributed by atoms with Crippen molar-refractivity contribution in [3.05, 3.63) is 49.2 Å². The molecular weight excluding hydrogens is 238 g/mol. The number of fused-ring (bicyclic) bond motifs is 1. The second-order valence-corrected chi connectivity index (χ2v) is 4.56. The molecule has 0 radical (unpaired) electrons. The molecule has 19 heavy (non-hydrogen) atoms. The Balaban J connectivity index is 1.73. The predicted molar refractivity (Wildman–Crippen MR) is 74.8 cm³/mol. The third-order valence-electron chi connectivity index (χ3n) is 2.91. The predicted octanol–water partition coefficient (Wildman–Crippen LogP) is 2.33. The highest BCUT2D eigenvalue weighted by atomic mass is 15.1. The van der Waals surface area contributed by atoms with Crippen LogP contribution >= 0.6 is 0 Å². The summed E-state index contributed by atoms with van der Waals surface area (Å²) in [5, 5.41) is 4.35. The second-order valence-electron chi connectivity index (χ2n) is 4.56. The number of hydrogen-bond donors (Lipinski definition) is 1. The number of rotatable bonds is 4.